The van der Waals surface area contributed by atoms with Gasteiger partial charge in [-0.3, -0.25) is 9.69 Å². The van der Waals surface area contributed by atoms with Crippen molar-refractivity contribution < 1.29 is 9.53 Å². The van der Waals surface area contributed by atoms with E-state index in [1.54, 1.807) is 12.0 Å². The predicted octanol–water partition coefficient (Wildman–Crippen LogP) is 4.70. The summed E-state index contributed by atoms with van der Waals surface area (Å²) in [5.41, 5.74) is 1.49. The zero-order valence-electron chi connectivity index (χ0n) is 15.3. The largest absolute Gasteiger partial charge is 0.497 e. The Morgan fingerprint density at radius 2 is 1.93 bits per heavy atom. The second-order valence-corrected chi connectivity index (χ2v) is 7.93. The normalized spacial score (nSPS) is 10.7. The number of aromatic nitrogens is 1. The average molecular weight is 471 g/mol. The maximum atomic E-state index is 13.2. The molecule has 144 valence electrons. The molecule has 0 aliphatic rings. The van der Waals surface area contributed by atoms with Crippen LogP contribution in [0.5, 0.6) is 5.75 Å². The number of halogens is 2. The Morgan fingerprint density at radius 1 is 1.19 bits per heavy atom. The number of anilines is 1. The molecule has 0 aliphatic carbocycles. The van der Waals surface area contributed by atoms with Crippen LogP contribution in [-0.2, 0) is 0 Å². The molecule has 0 atom stereocenters. The van der Waals surface area contributed by atoms with E-state index in [1.165, 1.54) is 11.3 Å². The number of amides is 1. The Balaban J connectivity index is 0.00000261. The molecule has 0 fully saturated rings. The molecule has 8 heteroatoms. The fraction of sp³-hybridized carbons (Fsp3) is 0.263. The molecule has 0 saturated carbocycles. The minimum Gasteiger partial charge on any atom is -0.497 e. The lowest BCUT2D eigenvalue weighted by Crippen LogP contribution is -2.36. The first-order valence-corrected chi connectivity index (χ1v) is 9.76. The van der Waals surface area contributed by atoms with Gasteiger partial charge >= 0.3 is 0 Å². The minimum atomic E-state index is -0.0645. The third-order valence-electron chi connectivity index (χ3n) is 3.94. The van der Waals surface area contributed by atoms with E-state index in [0.717, 1.165) is 27.0 Å². The molecule has 0 unspecified atom stereocenters. The summed E-state index contributed by atoms with van der Waals surface area (Å²) in [6.07, 6.45) is 0. The molecular weight excluding hydrogens is 450 g/mol. The number of carbonyl (C=O) groups is 1. The fourth-order valence-electron chi connectivity index (χ4n) is 2.50. The van der Waals surface area contributed by atoms with Gasteiger partial charge in [-0.1, -0.05) is 23.5 Å². The first-order valence-electron chi connectivity index (χ1n) is 8.15. The van der Waals surface area contributed by atoms with E-state index in [2.05, 4.69) is 25.8 Å². The molecule has 0 spiro atoms. The van der Waals surface area contributed by atoms with Crippen molar-refractivity contribution >= 4 is 60.9 Å². The van der Waals surface area contributed by atoms with E-state index < -0.39 is 0 Å². The Bertz CT molecular complexity index is 932. The summed E-state index contributed by atoms with van der Waals surface area (Å²) in [4.78, 5) is 21.7. The van der Waals surface area contributed by atoms with E-state index in [1.807, 2.05) is 56.6 Å². The van der Waals surface area contributed by atoms with Crippen LogP contribution < -0.4 is 9.64 Å². The Labute approximate surface area is 177 Å². The highest BCUT2D eigenvalue weighted by Gasteiger charge is 2.23. The van der Waals surface area contributed by atoms with E-state index >= 15 is 0 Å². The standard InChI is InChI=1S/C19H20BrN3O2S.ClH/c1-22(2)10-11-23(18(24)14-6-4-5-7-15(14)20)19-21-16-9-8-13(25-3)12-17(16)26-19;/h4-9,12H,10-11H2,1-3H3;1H. The number of hydrogen-bond acceptors (Lipinski definition) is 5. The van der Waals surface area contributed by atoms with Gasteiger partial charge in [-0.2, -0.15) is 0 Å². The summed E-state index contributed by atoms with van der Waals surface area (Å²) in [7, 11) is 5.62. The SMILES string of the molecule is COc1ccc2nc(N(CCN(C)C)C(=O)c3ccccc3Br)sc2c1.Cl. The second-order valence-electron chi connectivity index (χ2n) is 6.07. The Kier molecular flexibility index (Phi) is 7.61. The molecule has 0 aliphatic heterocycles. The number of fused-ring (bicyclic) bond motifs is 1. The van der Waals surface area contributed by atoms with E-state index in [9.17, 15) is 4.79 Å². The molecule has 3 rings (SSSR count). The van der Waals surface area contributed by atoms with Crippen LogP contribution in [0.1, 0.15) is 10.4 Å². The van der Waals surface area contributed by atoms with Gasteiger partial charge in [-0.25, -0.2) is 4.98 Å². The third-order valence-corrected chi connectivity index (χ3v) is 5.67. The highest BCUT2D eigenvalue weighted by atomic mass is 79.9. The van der Waals surface area contributed by atoms with Crippen LogP contribution in [-0.4, -0.2) is 50.1 Å². The van der Waals surface area contributed by atoms with Crippen LogP contribution >= 0.6 is 39.7 Å². The maximum absolute atomic E-state index is 13.2. The molecule has 0 saturated heterocycles. The summed E-state index contributed by atoms with van der Waals surface area (Å²) in [5.74, 6) is 0.718. The molecule has 27 heavy (non-hydrogen) atoms. The lowest BCUT2D eigenvalue weighted by molar-refractivity contribution is 0.0984. The zero-order chi connectivity index (χ0) is 18.7. The molecule has 1 heterocycles. The topological polar surface area (TPSA) is 45.7 Å². The molecule has 1 aromatic heterocycles. The van der Waals surface area contributed by atoms with Gasteiger partial charge in [0.2, 0.25) is 0 Å². The Morgan fingerprint density at radius 3 is 2.59 bits per heavy atom. The molecule has 5 nitrogen and oxygen atoms in total. The van der Waals surface area contributed by atoms with Gasteiger partial charge in [-0.15, -0.1) is 12.4 Å². The van der Waals surface area contributed by atoms with Gasteiger partial charge in [0.05, 0.1) is 22.9 Å². The first-order chi connectivity index (χ1) is 12.5. The number of benzene rings is 2. The van der Waals surface area contributed by atoms with Gasteiger partial charge in [0.25, 0.3) is 5.91 Å². The molecule has 2 aromatic carbocycles. The van der Waals surface area contributed by atoms with Crippen molar-refractivity contribution in [2.24, 2.45) is 0 Å². The van der Waals surface area contributed by atoms with Crippen LogP contribution in [0.15, 0.2) is 46.9 Å². The number of carbonyl (C=O) groups excluding carboxylic acids is 1. The number of thiazole rings is 1. The van der Waals surface area contributed by atoms with Crippen LogP contribution in [0.2, 0.25) is 0 Å². The van der Waals surface area contributed by atoms with Crippen molar-refractivity contribution in [3.63, 3.8) is 0 Å². The van der Waals surface area contributed by atoms with Crippen molar-refractivity contribution in [2.75, 3.05) is 39.2 Å². The van der Waals surface area contributed by atoms with Crippen LogP contribution in [0, 0.1) is 0 Å². The van der Waals surface area contributed by atoms with Gasteiger partial charge in [0, 0.05) is 17.6 Å². The maximum Gasteiger partial charge on any atom is 0.261 e. The smallest absolute Gasteiger partial charge is 0.261 e. The van der Waals surface area contributed by atoms with Gasteiger partial charge in [0.15, 0.2) is 5.13 Å². The third kappa shape index (κ3) is 4.99. The molecule has 1 amide bonds. The van der Waals surface area contributed by atoms with Crippen LogP contribution in [0.4, 0.5) is 5.13 Å². The number of methoxy groups -OCH3 is 1. The fourth-order valence-corrected chi connectivity index (χ4v) is 3.97. The van der Waals surface area contributed by atoms with Gasteiger partial charge in [-0.05, 0) is 60.4 Å². The second kappa shape index (κ2) is 9.50. The van der Waals surface area contributed by atoms with E-state index in [0.29, 0.717) is 17.2 Å². The summed E-state index contributed by atoms with van der Waals surface area (Å²) >= 11 is 4.98. The highest BCUT2D eigenvalue weighted by molar-refractivity contribution is 9.10. The van der Waals surface area contributed by atoms with Crippen molar-refractivity contribution in [3.8, 4) is 5.75 Å². The molecule has 0 bridgehead atoms. The van der Waals surface area contributed by atoms with Gasteiger partial charge in [0.1, 0.15) is 5.75 Å². The highest BCUT2D eigenvalue weighted by Crippen LogP contribution is 2.32. The average Bonchev–Trinajstić information content (AvgIpc) is 3.04. The zero-order valence-corrected chi connectivity index (χ0v) is 18.5. The van der Waals surface area contributed by atoms with Gasteiger partial charge < -0.3 is 9.64 Å². The summed E-state index contributed by atoms with van der Waals surface area (Å²) < 4.78 is 7.06. The number of likely N-dealkylation sites (N-methyl/N-ethyl adjacent to an activating group) is 1. The van der Waals surface area contributed by atoms with Crippen LogP contribution in [0.25, 0.3) is 10.2 Å². The monoisotopic (exact) mass is 469 g/mol. The summed E-state index contributed by atoms with van der Waals surface area (Å²) in [6, 6.07) is 13.2. The van der Waals surface area contributed by atoms with Crippen LogP contribution in [0.3, 0.4) is 0 Å². The molecule has 3 aromatic rings. The number of nitrogens with zero attached hydrogens (tertiary/aromatic N) is 3. The summed E-state index contributed by atoms with van der Waals surface area (Å²) in [6.45, 7) is 1.31. The number of rotatable bonds is 6. The Hall–Kier alpha value is -1.67. The van der Waals surface area contributed by atoms with Crippen molar-refractivity contribution in [1.29, 1.82) is 0 Å². The summed E-state index contributed by atoms with van der Waals surface area (Å²) in [5, 5.41) is 0.691. The first kappa shape index (κ1) is 21.6. The molecular formula is C19H21BrClN3O2S. The van der Waals surface area contributed by atoms with E-state index in [-0.39, 0.29) is 18.3 Å². The lowest BCUT2D eigenvalue weighted by atomic mass is 10.2. The minimum absolute atomic E-state index is 0. The predicted molar refractivity (Wildman–Crippen MR) is 118 cm³/mol. The van der Waals surface area contributed by atoms with Crippen molar-refractivity contribution in [1.82, 2.24) is 9.88 Å². The quantitative estimate of drug-likeness (QED) is 0.524. The number of hydrogen-bond donors (Lipinski definition) is 0. The number of ether oxygens (including phenoxy) is 1. The van der Waals surface area contributed by atoms with E-state index in [4.69, 9.17) is 4.74 Å². The lowest BCUT2D eigenvalue weighted by Gasteiger charge is -2.22. The molecule has 0 N–H and O–H groups in total. The van der Waals surface area contributed by atoms with Crippen molar-refractivity contribution in [2.45, 2.75) is 0 Å². The van der Waals surface area contributed by atoms with Crippen molar-refractivity contribution in [3.05, 3.63) is 52.5 Å². The molecule has 0 radical (unpaired) electrons.